The maximum absolute atomic E-state index is 14.3. The topological polar surface area (TPSA) is 52.7 Å². The van der Waals surface area contributed by atoms with Crippen molar-refractivity contribution in [1.82, 2.24) is 4.90 Å². The van der Waals surface area contributed by atoms with E-state index in [2.05, 4.69) is 38.2 Å². The minimum absolute atomic E-state index is 0.0633. The second-order valence-corrected chi connectivity index (χ2v) is 11.6. The van der Waals surface area contributed by atoms with E-state index in [0.717, 1.165) is 33.6 Å². The molecule has 0 saturated carbocycles. The Kier molecular flexibility index (Phi) is 5.44. The zero-order valence-corrected chi connectivity index (χ0v) is 20.8. The first-order valence-corrected chi connectivity index (χ1v) is 12.3. The molecule has 34 heavy (non-hydrogen) atoms. The Morgan fingerprint density at radius 1 is 0.971 bits per heavy atom. The lowest BCUT2D eigenvalue weighted by Gasteiger charge is -2.33. The Hall–Kier alpha value is -3.25. The highest BCUT2D eigenvalue weighted by Crippen LogP contribution is 2.59. The molecule has 0 radical (unpaired) electrons. The molecule has 5 nitrogen and oxygen atoms in total. The number of amides is 3. The number of benzene rings is 3. The SMILES string of the molecule is Cc1ccc(NC(=O)N2CC(C)(C)S[C@]23C(=O)N(Cc2ccccc2C)c2ccccc23)cc1. The lowest BCUT2D eigenvalue weighted by molar-refractivity contribution is -0.123. The van der Waals surface area contributed by atoms with Crippen molar-refractivity contribution >= 4 is 35.1 Å². The van der Waals surface area contributed by atoms with Crippen molar-refractivity contribution in [3.8, 4) is 0 Å². The highest BCUT2D eigenvalue weighted by molar-refractivity contribution is 8.02. The van der Waals surface area contributed by atoms with Crippen LogP contribution in [0.5, 0.6) is 0 Å². The Morgan fingerprint density at radius 2 is 1.65 bits per heavy atom. The number of aryl methyl sites for hydroxylation is 2. The third-order valence-corrected chi connectivity index (χ3v) is 8.17. The van der Waals surface area contributed by atoms with Gasteiger partial charge in [0.2, 0.25) is 0 Å². The fourth-order valence-corrected chi connectivity index (χ4v) is 6.63. The Bertz CT molecular complexity index is 1270. The number of nitrogens with zero attached hydrogens (tertiary/aromatic N) is 2. The van der Waals surface area contributed by atoms with E-state index in [1.807, 2.05) is 72.5 Å². The van der Waals surface area contributed by atoms with E-state index in [0.29, 0.717) is 13.1 Å². The molecule has 0 aromatic heterocycles. The summed E-state index contributed by atoms with van der Waals surface area (Å²) in [5.41, 5.74) is 5.83. The van der Waals surface area contributed by atoms with Crippen LogP contribution in [-0.4, -0.2) is 28.1 Å². The summed E-state index contributed by atoms with van der Waals surface area (Å²) in [4.78, 5) is 30.4. The zero-order chi connectivity index (χ0) is 24.1. The van der Waals surface area contributed by atoms with Gasteiger partial charge in [0.05, 0.1) is 12.2 Å². The summed E-state index contributed by atoms with van der Waals surface area (Å²) >= 11 is 1.57. The fourth-order valence-electron chi connectivity index (χ4n) is 4.90. The molecular formula is C28H29N3O2S. The standard InChI is InChI=1S/C28H29N3O2S/c1-19-13-15-22(16-14-19)29-26(33)31-18-27(3,4)34-28(31)23-11-7-8-12-24(23)30(25(28)32)17-21-10-6-5-9-20(21)2/h5-16H,17-18H2,1-4H3,(H,29,33)/t28-/m1/s1. The van der Waals surface area contributed by atoms with Gasteiger partial charge in [-0.2, -0.15) is 0 Å². The van der Waals surface area contributed by atoms with Gasteiger partial charge in [-0.25, -0.2) is 4.79 Å². The first kappa shape index (κ1) is 22.5. The van der Waals surface area contributed by atoms with Gasteiger partial charge in [-0.05, 0) is 57.0 Å². The van der Waals surface area contributed by atoms with Crippen molar-refractivity contribution in [2.24, 2.45) is 0 Å². The molecule has 1 atom stereocenters. The van der Waals surface area contributed by atoms with Crippen LogP contribution < -0.4 is 10.2 Å². The molecule has 2 heterocycles. The molecule has 2 aliphatic heterocycles. The summed E-state index contributed by atoms with van der Waals surface area (Å²) in [7, 11) is 0. The molecule has 0 bridgehead atoms. The molecule has 3 amide bonds. The van der Waals surface area contributed by atoms with Crippen molar-refractivity contribution in [1.29, 1.82) is 0 Å². The van der Waals surface area contributed by atoms with Crippen LogP contribution >= 0.6 is 11.8 Å². The van der Waals surface area contributed by atoms with Gasteiger partial charge >= 0.3 is 6.03 Å². The predicted octanol–water partition coefficient (Wildman–Crippen LogP) is 6.06. The number of fused-ring (bicyclic) bond motifs is 2. The molecule has 6 heteroatoms. The van der Waals surface area contributed by atoms with Gasteiger partial charge in [0.15, 0.2) is 4.87 Å². The van der Waals surface area contributed by atoms with E-state index < -0.39 is 4.87 Å². The first-order chi connectivity index (χ1) is 16.2. The minimum Gasteiger partial charge on any atom is -0.308 e. The van der Waals surface area contributed by atoms with Crippen LogP contribution in [0, 0.1) is 13.8 Å². The number of rotatable bonds is 3. The van der Waals surface area contributed by atoms with Crippen LogP contribution in [0.4, 0.5) is 16.2 Å². The molecule has 1 saturated heterocycles. The first-order valence-electron chi connectivity index (χ1n) is 11.5. The van der Waals surface area contributed by atoms with E-state index in [1.165, 1.54) is 0 Å². The summed E-state index contributed by atoms with van der Waals surface area (Å²) in [6.07, 6.45) is 0. The van der Waals surface area contributed by atoms with E-state index >= 15 is 0 Å². The summed E-state index contributed by atoms with van der Waals surface area (Å²) in [5, 5.41) is 3.03. The number of nitrogens with one attached hydrogen (secondary N) is 1. The van der Waals surface area contributed by atoms with Crippen LogP contribution in [0.3, 0.4) is 0 Å². The highest BCUT2D eigenvalue weighted by Gasteiger charge is 2.63. The second kappa shape index (κ2) is 8.20. The molecule has 1 fully saturated rings. The van der Waals surface area contributed by atoms with Crippen molar-refractivity contribution in [3.63, 3.8) is 0 Å². The molecule has 3 aromatic carbocycles. The van der Waals surface area contributed by atoms with Gasteiger partial charge in [-0.3, -0.25) is 9.69 Å². The van der Waals surface area contributed by atoms with Crippen molar-refractivity contribution in [2.45, 2.75) is 43.9 Å². The van der Waals surface area contributed by atoms with E-state index in [4.69, 9.17) is 0 Å². The maximum atomic E-state index is 14.3. The Balaban J connectivity index is 1.56. The lowest BCUT2D eigenvalue weighted by Crippen LogP contribution is -2.51. The average Bonchev–Trinajstić information content (AvgIpc) is 3.23. The average molecular weight is 472 g/mol. The molecule has 3 aromatic rings. The number of anilines is 2. The van der Waals surface area contributed by atoms with Crippen LogP contribution in [0.2, 0.25) is 0 Å². The number of carbonyl (C=O) groups is 2. The molecule has 0 aliphatic carbocycles. The van der Waals surface area contributed by atoms with Crippen molar-refractivity contribution in [2.75, 3.05) is 16.8 Å². The van der Waals surface area contributed by atoms with Gasteiger partial charge in [-0.15, -0.1) is 11.8 Å². The lowest BCUT2D eigenvalue weighted by atomic mass is 10.1. The molecule has 5 rings (SSSR count). The van der Waals surface area contributed by atoms with Crippen molar-refractivity contribution < 1.29 is 9.59 Å². The third-order valence-electron chi connectivity index (χ3n) is 6.58. The second-order valence-electron chi connectivity index (χ2n) is 9.72. The quantitative estimate of drug-likeness (QED) is 0.505. The van der Waals surface area contributed by atoms with Crippen molar-refractivity contribution in [3.05, 3.63) is 95.1 Å². The molecule has 174 valence electrons. The Labute approximate surface area is 205 Å². The zero-order valence-electron chi connectivity index (χ0n) is 20.0. The summed E-state index contributed by atoms with van der Waals surface area (Å²) < 4.78 is -0.286. The maximum Gasteiger partial charge on any atom is 0.323 e. The van der Waals surface area contributed by atoms with Crippen LogP contribution in [-0.2, 0) is 16.2 Å². The molecule has 0 unspecified atom stereocenters. The number of para-hydroxylation sites is 1. The van der Waals surface area contributed by atoms with Crippen LogP contribution in [0.15, 0.2) is 72.8 Å². The van der Waals surface area contributed by atoms with Gasteiger partial charge in [0.1, 0.15) is 0 Å². The van der Waals surface area contributed by atoms with E-state index in [9.17, 15) is 9.59 Å². The van der Waals surface area contributed by atoms with Crippen LogP contribution in [0.1, 0.15) is 36.1 Å². The highest BCUT2D eigenvalue weighted by atomic mass is 32.2. The number of carbonyl (C=O) groups excluding carboxylic acids is 2. The summed E-state index contributed by atoms with van der Waals surface area (Å²) in [6, 6.07) is 23.5. The molecule has 1 spiro atoms. The van der Waals surface area contributed by atoms with Gasteiger partial charge in [0, 0.05) is 22.5 Å². The number of hydrogen-bond donors (Lipinski definition) is 1. The van der Waals surface area contributed by atoms with E-state index in [-0.39, 0.29) is 16.7 Å². The number of hydrogen-bond acceptors (Lipinski definition) is 3. The molecule has 2 aliphatic rings. The predicted molar refractivity (Wildman–Crippen MR) is 139 cm³/mol. The summed E-state index contributed by atoms with van der Waals surface area (Å²) in [6.45, 7) is 9.20. The largest absolute Gasteiger partial charge is 0.323 e. The third kappa shape index (κ3) is 3.66. The Morgan fingerprint density at radius 3 is 2.38 bits per heavy atom. The number of thioether (sulfide) groups is 1. The van der Waals surface area contributed by atoms with Gasteiger partial charge in [-0.1, -0.05) is 60.2 Å². The van der Waals surface area contributed by atoms with Gasteiger partial charge in [0.25, 0.3) is 5.91 Å². The summed E-state index contributed by atoms with van der Waals surface area (Å²) in [5.74, 6) is -0.0633. The fraction of sp³-hybridized carbons (Fsp3) is 0.286. The smallest absolute Gasteiger partial charge is 0.308 e. The minimum atomic E-state index is -1.10. The van der Waals surface area contributed by atoms with Gasteiger partial charge < -0.3 is 10.2 Å². The molecule has 1 N–H and O–H groups in total. The normalized spacial score (nSPS) is 20.6. The van der Waals surface area contributed by atoms with E-state index in [1.54, 1.807) is 16.7 Å². The monoisotopic (exact) mass is 471 g/mol. The molecular weight excluding hydrogens is 442 g/mol. The van der Waals surface area contributed by atoms with Crippen LogP contribution in [0.25, 0.3) is 0 Å². The number of urea groups is 1.